The molecule has 5 heteroatoms. The number of amides is 1. The quantitative estimate of drug-likeness (QED) is 0.843. The summed E-state index contributed by atoms with van der Waals surface area (Å²) in [6.45, 7) is 0.146. The van der Waals surface area contributed by atoms with Crippen molar-refractivity contribution < 1.29 is 9.90 Å². The lowest BCUT2D eigenvalue weighted by molar-refractivity contribution is -0.115. The predicted molar refractivity (Wildman–Crippen MR) is 95.0 cm³/mol. The minimum absolute atomic E-state index is 0.0958. The molecule has 2 aromatic rings. The highest BCUT2D eigenvalue weighted by molar-refractivity contribution is 7.80. The molecule has 2 heterocycles. The Morgan fingerprint density at radius 3 is 3.00 bits per heavy atom. The second kappa shape index (κ2) is 6.69. The highest BCUT2D eigenvalue weighted by Gasteiger charge is 2.23. The number of carbonyl (C=O) groups excluding carboxylic acids is 1. The van der Waals surface area contributed by atoms with Gasteiger partial charge in [-0.05, 0) is 47.2 Å². The van der Waals surface area contributed by atoms with Gasteiger partial charge in [0.2, 0.25) is 5.91 Å². The minimum atomic E-state index is -0.151. The number of thiophene rings is 1. The van der Waals surface area contributed by atoms with E-state index >= 15 is 0 Å². The van der Waals surface area contributed by atoms with E-state index in [-0.39, 0.29) is 18.4 Å². The number of hydrogen-bond acceptors (Lipinski definition) is 4. The van der Waals surface area contributed by atoms with Gasteiger partial charge in [-0.3, -0.25) is 4.79 Å². The first-order valence-corrected chi connectivity index (χ1v) is 8.60. The molecule has 1 amide bonds. The van der Waals surface area contributed by atoms with Crippen molar-refractivity contribution in [2.75, 3.05) is 6.61 Å². The van der Waals surface area contributed by atoms with Crippen LogP contribution >= 0.6 is 23.6 Å². The van der Waals surface area contributed by atoms with E-state index in [0.717, 1.165) is 24.0 Å². The Labute approximate surface area is 138 Å². The van der Waals surface area contributed by atoms with E-state index in [9.17, 15) is 4.79 Å². The first-order chi connectivity index (χ1) is 10.7. The fourth-order valence-corrected chi connectivity index (χ4v) is 4.11. The third-order valence-corrected chi connectivity index (χ3v) is 5.33. The average Bonchev–Trinajstić information content (AvgIpc) is 2.88. The molecule has 0 aliphatic carbocycles. The minimum Gasteiger partial charge on any atom is -0.396 e. The van der Waals surface area contributed by atoms with Crippen LogP contribution in [-0.2, 0) is 4.79 Å². The molecule has 1 aromatic heterocycles. The number of aliphatic hydroxyl groups is 1. The summed E-state index contributed by atoms with van der Waals surface area (Å²) in [4.78, 5) is 12.6. The number of rotatable bonds is 4. The molecule has 3 nitrogen and oxygen atoms in total. The number of nitrogens with one attached hydrogen (secondary N) is 1. The molecule has 2 N–H and O–H groups in total. The van der Waals surface area contributed by atoms with Crippen LogP contribution in [0.2, 0.25) is 0 Å². The molecule has 114 valence electrons. The van der Waals surface area contributed by atoms with Crippen LogP contribution in [0.15, 0.2) is 35.7 Å². The first-order valence-electron chi connectivity index (χ1n) is 7.32. The zero-order chi connectivity index (χ0) is 15.5. The first kappa shape index (κ1) is 15.3. The molecule has 0 bridgehead atoms. The molecule has 1 atom stereocenters. The molecule has 1 aromatic carbocycles. The molecule has 1 aliphatic rings. The highest BCUT2D eigenvalue weighted by atomic mass is 32.1. The molecule has 1 aliphatic heterocycles. The maximum absolute atomic E-state index is 12.0. The van der Waals surface area contributed by atoms with Gasteiger partial charge < -0.3 is 10.4 Å². The van der Waals surface area contributed by atoms with Gasteiger partial charge in [0.25, 0.3) is 0 Å². The number of aliphatic hydroxyl groups excluding tert-OH is 1. The van der Waals surface area contributed by atoms with E-state index in [1.807, 2.05) is 12.1 Å². The number of hydrogen-bond donors (Lipinski definition) is 2. The van der Waals surface area contributed by atoms with Gasteiger partial charge in [-0.15, -0.1) is 11.3 Å². The summed E-state index contributed by atoms with van der Waals surface area (Å²) < 4.78 is 1.22. The van der Waals surface area contributed by atoms with Gasteiger partial charge in [0.15, 0.2) is 0 Å². The Hall–Kier alpha value is -1.56. The van der Waals surface area contributed by atoms with Crippen LogP contribution in [0.5, 0.6) is 0 Å². The molecule has 0 spiro atoms. The van der Waals surface area contributed by atoms with Gasteiger partial charge in [0, 0.05) is 23.3 Å². The van der Waals surface area contributed by atoms with E-state index in [0.29, 0.717) is 11.4 Å². The normalized spacial score (nSPS) is 19.0. The summed E-state index contributed by atoms with van der Waals surface area (Å²) in [6.07, 6.45) is 3.88. The largest absolute Gasteiger partial charge is 0.396 e. The van der Waals surface area contributed by atoms with Crippen LogP contribution in [0.3, 0.4) is 0 Å². The monoisotopic (exact) mass is 331 g/mol. The maximum atomic E-state index is 12.0. The third kappa shape index (κ3) is 3.11. The fraction of sp³-hybridized carbons (Fsp3) is 0.294. The number of benzene rings is 1. The number of fused-ring (bicyclic) bond motifs is 1. The van der Waals surface area contributed by atoms with E-state index in [1.54, 1.807) is 17.4 Å². The second-order valence-electron chi connectivity index (χ2n) is 5.44. The number of allylic oxidation sites excluding steroid dienone is 1. The van der Waals surface area contributed by atoms with Crippen LogP contribution in [-0.4, -0.2) is 22.6 Å². The van der Waals surface area contributed by atoms with Crippen molar-refractivity contribution in [3.63, 3.8) is 0 Å². The maximum Gasteiger partial charge on any atom is 0.249 e. The molecule has 0 radical (unpaired) electrons. The Morgan fingerprint density at radius 1 is 1.36 bits per heavy atom. The van der Waals surface area contributed by atoms with Crippen LogP contribution in [0.4, 0.5) is 0 Å². The lowest BCUT2D eigenvalue weighted by Crippen LogP contribution is -2.31. The summed E-state index contributed by atoms with van der Waals surface area (Å²) in [7, 11) is 0. The Bertz CT molecular complexity index is 748. The van der Waals surface area contributed by atoms with Crippen molar-refractivity contribution in [3.8, 4) is 0 Å². The van der Waals surface area contributed by atoms with E-state index in [1.165, 1.54) is 10.1 Å². The molecule has 0 fully saturated rings. The lowest BCUT2D eigenvalue weighted by Gasteiger charge is -2.16. The van der Waals surface area contributed by atoms with Crippen LogP contribution in [0.25, 0.3) is 15.7 Å². The fourth-order valence-electron chi connectivity index (χ4n) is 2.82. The Kier molecular flexibility index (Phi) is 4.66. The van der Waals surface area contributed by atoms with Crippen molar-refractivity contribution in [2.45, 2.75) is 19.3 Å². The summed E-state index contributed by atoms with van der Waals surface area (Å²) in [5.74, 6) is -0.0553. The van der Waals surface area contributed by atoms with Crippen LogP contribution < -0.4 is 5.32 Å². The lowest BCUT2D eigenvalue weighted by atomic mass is 9.91. The SMILES string of the molecule is O=C1C=C(c2csc3ccccc23)CC(CCCO)C(=S)N1. The summed E-state index contributed by atoms with van der Waals surface area (Å²) in [5.41, 5.74) is 2.15. The Morgan fingerprint density at radius 2 is 2.18 bits per heavy atom. The van der Waals surface area contributed by atoms with Crippen molar-refractivity contribution in [1.29, 1.82) is 0 Å². The molecule has 22 heavy (non-hydrogen) atoms. The zero-order valence-electron chi connectivity index (χ0n) is 12.0. The Balaban J connectivity index is 1.97. The van der Waals surface area contributed by atoms with Crippen molar-refractivity contribution >= 4 is 50.1 Å². The topological polar surface area (TPSA) is 49.3 Å². The van der Waals surface area contributed by atoms with Gasteiger partial charge >= 0.3 is 0 Å². The zero-order valence-corrected chi connectivity index (χ0v) is 13.7. The molecule has 0 saturated heterocycles. The highest BCUT2D eigenvalue weighted by Crippen LogP contribution is 2.35. The van der Waals surface area contributed by atoms with E-state index in [2.05, 4.69) is 22.8 Å². The summed E-state index contributed by atoms with van der Waals surface area (Å²) in [6, 6.07) is 8.22. The van der Waals surface area contributed by atoms with Gasteiger partial charge in [0.05, 0.1) is 4.99 Å². The molecule has 0 saturated carbocycles. The standard InChI is InChI=1S/C17H17NO2S2/c19-7-3-4-11-8-12(9-16(20)18-17(11)21)14-10-22-15-6-2-1-5-13(14)15/h1-2,5-6,9-11,19H,3-4,7-8H2,(H,18,20,21). The second-order valence-corrected chi connectivity index (χ2v) is 6.79. The third-order valence-electron chi connectivity index (χ3n) is 3.93. The molecular weight excluding hydrogens is 314 g/mol. The summed E-state index contributed by atoms with van der Waals surface area (Å²) in [5, 5.41) is 15.1. The van der Waals surface area contributed by atoms with Crippen molar-refractivity contribution in [2.24, 2.45) is 5.92 Å². The molecular formula is C17H17NO2S2. The van der Waals surface area contributed by atoms with E-state index in [4.69, 9.17) is 17.3 Å². The smallest absolute Gasteiger partial charge is 0.249 e. The van der Waals surface area contributed by atoms with Gasteiger partial charge in [0.1, 0.15) is 0 Å². The number of thiocarbonyl (C=S) groups is 1. The molecule has 1 unspecified atom stereocenters. The average molecular weight is 331 g/mol. The van der Waals surface area contributed by atoms with Crippen molar-refractivity contribution in [1.82, 2.24) is 5.32 Å². The van der Waals surface area contributed by atoms with Crippen LogP contribution in [0.1, 0.15) is 24.8 Å². The van der Waals surface area contributed by atoms with Crippen LogP contribution in [0, 0.1) is 5.92 Å². The van der Waals surface area contributed by atoms with Gasteiger partial charge in [-0.2, -0.15) is 0 Å². The predicted octanol–water partition coefficient (Wildman–Crippen LogP) is 3.52. The summed E-state index contributed by atoms with van der Waals surface area (Å²) >= 11 is 7.03. The number of carbonyl (C=O) groups is 1. The van der Waals surface area contributed by atoms with Gasteiger partial charge in [-0.25, -0.2) is 0 Å². The van der Waals surface area contributed by atoms with E-state index < -0.39 is 0 Å². The van der Waals surface area contributed by atoms with Gasteiger partial charge in [-0.1, -0.05) is 30.4 Å². The van der Waals surface area contributed by atoms with Crippen molar-refractivity contribution in [3.05, 3.63) is 41.3 Å². The molecule has 3 rings (SSSR count).